The first-order valence-corrected chi connectivity index (χ1v) is 11.0. The van der Waals surface area contributed by atoms with Gasteiger partial charge < -0.3 is 25.1 Å². The van der Waals surface area contributed by atoms with Crippen LogP contribution >= 0.6 is 0 Å². The predicted octanol–water partition coefficient (Wildman–Crippen LogP) is 4.12. The number of aryl methyl sites for hydroxylation is 1. The number of aromatic nitrogens is 2. The molecular formula is C25H23F2N5O2. The molecule has 34 heavy (non-hydrogen) atoms. The highest BCUT2D eigenvalue weighted by atomic mass is 19.1. The number of carbonyl (C=O) groups excluding carboxylic acids is 1. The second kappa shape index (κ2) is 9.18. The fourth-order valence-corrected chi connectivity index (χ4v) is 4.29. The first-order valence-electron chi connectivity index (χ1n) is 11.0. The smallest absolute Gasteiger partial charge is 0.213 e. The van der Waals surface area contributed by atoms with E-state index in [0.717, 1.165) is 11.8 Å². The number of anilines is 3. The second-order valence-electron chi connectivity index (χ2n) is 8.13. The highest BCUT2D eigenvalue weighted by Gasteiger charge is 2.24. The molecule has 0 amide bonds. The van der Waals surface area contributed by atoms with E-state index in [4.69, 9.17) is 9.72 Å². The summed E-state index contributed by atoms with van der Waals surface area (Å²) in [7, 11) is 0. The number of rotatable bonds is 5. The average Bonchev–Trinajstić information content (AvgIpc) is 2.84. The third-order valence-electron chi connectivity index (χ3n) is 5.97. The summed E-state index contributed by atoms with van der Waals surface area (Å²) in [6.07, 6.45) is 4.32. The van der Waals surface area contributed by atoms with Gasteiger partial charge in [0.2, 0.25) is 5.95 Å². The van der Waals surface area contributed by atoms with E-state index < -0.39 is 12.0 Å². The minimum atomic E-state index is -0.617. The molecule has 174 valence electrons. The molecule has 0 radical (unpaired) electrons. The molecular weight excluding hydrogens is 440 g/mol. The lowest BCUT2D eigenvalue weighted by molar-refractivity contribution is -0.109. The fraction of sp³-hybridized carbons (Fsp3) is 0.240. The van der Waals surface area contributed by atoms with E-state index in [1.807, 2.05) is 17.0 Å². The maximum atomic E-state index is 15.0. The molecule has 4 heterocycles. The first kappa shape index (κ1) is 22.0. The number of fused-ring (bicyclic) bond motifs is 1. The van der Waals surface area contributed by atoms with Crippen LogP contribution < -0.4 is 15.5 Å². The van der Waals surface area contributed by atoms with Crippen LogP contribution in [0.2, 0.25) is 0 Å². The van der Waals surface area contributed by atoms with Gasteiger partial charge in [-0.2, -0.15) is 4.39 Å². The monoisotopic (exact) mass is 463 g/mol. The molecule has 1 unspecified atom stereocenters. The first-order chi connectivity index (χ1) is 16.5. The molecule has 2 aliphatic rings. The summed E-state index contributed by atoms with van der Waals surface area (Å²) in [4.78, 5) is 22.3. The van der Waals surface area contributed by atoms with Crippen molar-refractivity contribution >= 4 is 29.6 Å². The van der Waals surface area contributed by atoms with Gasteiger partial charge in [0.15, 0.2) is 0 Å². The Morgan fingerprint density at radius 2 is 1.97 bits per heavy atom. The number of benzene rings is 1. The van der Waals surface area contributed by atoms with E-state index in [0.29, 0.717) is 66.0 Å². The lowest BCUT2D eigenvalue weighted by Crippen LogP contribution is -2.36. The van der Waals surface area contributed by atoms with Gasteiger partial charge in [0, 0.05) is 35.6 Å². The number of ether oxygens (including phenoxy) is 1. The van der Waals surface area contributed by atoms with E-state index in [2.05, 4.69) is 15.6 Å². The van der Waals surface area contributed by atoms with Crippen molar-refractivity contribution in [2.24, 2.45) is 0 Å². The maximum absolute atomic E-state index is 15.0. The number of aldehydes is 1. The molecule has 0 spiro atoms. The number of nitrogens with one attached hydrogen (secondary N) is 2. The Morgan fingerprint density at radius 3 is 2.71 bits per heavy atom. The van der Waals surface area contributed by atoms with Crippen LogP contribution in [0.4, 0.5) is 26.0 Å². The van der Waals surface area contributed by atoms with Crippen LogP contribution in [0.5, 0.6) is 0 Å². The highest BCUT2D eigenvalue weighted by Crippen LogP contribution is 2.35. The number of pyridine rings is 2. The zero-order valence-corrected chi connectivity index (χ0v) is 18.5. The Balaban J connectivity index is 1.55. The summed E-state index contributed by atoms with van der Waals surface area (Å²) >= 11 is 0. The SMILES string of the molecule is Cc1nc(F)ccc1-c1cc2c(c(Nc3ccc(N4CCOCC4)c(F)c3)n1)C(C=O)NC=C2. The second-order valence-corrected chi connectivity index (χ2v) is 8.13. The molecule has 2 N–H and O–H groups in total. The van der Waals surface area contributed by atoms with Gasteiger partial charge in [-0.3, -0.25) is 0 Å². The molecule has 5 rings (SSSR count). The van der Waals surface area contributed by atoms with Gasteiger partial charge in [0.1, 0.15) is 24.0 Å². The minimum Gasteiger partial charge on any atom is -0.378 e. The molecule has 7 nitrogen and oxygen atoms in total. The number of carbonyl (C=O) groups is 1. The van der Waals surface area contributed by atoms with Gasteiger partial charge in [-0.1, -0.05) is 0 Å². The summed E-state index contributed by atoms with van der Waals surface area (Å²) in [5.74, 6) is -0.525. The van der Waals surface area contributed by atoms with Crippen molar-refractivity contribution < 1.29 is 18.3 Å². The Morgan fingerprint density at radius 1 is 1.15 bits per heavy atom. The molecule has 2 aliphatic heterocycles. The zero-order valence-electron chi connectivity index (χ0n) is 18.5. The maximum Gasteiger partial charge on any atom is 0.213 e. The molecule has 3 aromatic rings. The van der Waals surface area contributed by atoms with Crippen molar-refractivity contribution in [3.05, 3.63) is 71.2 Å². The quantitative estimate of drug-likeness (QED) is 0.435. The van der Waals surface area contributed by atoms with Crippen LogP contribution in [-0.4, -0.2) is 42.6 Å². The normalized spacial score (nSPS) is 17.1. The van der Waals surface area contributed by atoms with Crippen LogP contribution in [0.1, 0.15) is 22.9 Å². The largest absolute Gasteiger partial charge is 0.378 e. The van der Waals surface area contributed by atoms with Crippen LogP contribution in [0.25, 0.3) is 17.3 Å². The Hall–Kier alpha value is -3.85. The number of halogens is 2. The van der Waals surface area contributed by atoms with Crippen molar-refractivity contribution in [3.8, 4) is 11.3 Å². The average molecular weight is 463 g/mol. The Bertz CT molecular complexity index is 1270. The topological polar surface area (TPSA) is 79.4 Å². The number of hydrogen-bond acceptors (Lipinski definition) is 7. The standard InChI is InChI=1S/C25H23F2N5O2/c1-15-18(3-5-23(27)29-15)20-12-16-6-7-28-21(14-33)24(16)25(31-20)30-17-2-4-22(19(26)13-17)32-8-10-34-11-9-32/h2-7,12-14,21,28H,8-11H2,1H3,(H,30,31). The summed E-state index contributed by atoms with van der Waals surface area (Å²) in [6.45, 7) is 4.09. The summed E-state index contributed by atoms with van der Waals surface area (Å²) in [5.41, 5.74) is 4.15. The van der Waals surface area contributed by atoms with Crippen molar-refractivity contribution in [2.75, 3.05) is 36.5 Å². The molecule has 1 fully saturated rings. The number of morpholine rings is 1. The van der Waals surface area contributed by atoms with Crippen molar-refractivity contribution in [3.63, 3.8) is 0 Å². The molecule has 0 aliphatic carbocycles. The fourth-order valence-electron chi connectivity index (χ4n) is 4.29. The third kappa shape index (κ3) is 4.22. The molecule has 2 aromatic heterocycles. The van der Waals surface area contributed by atoms with E-state index >= 15 is 0 Å². The van der Waals surface area contributed by atoms with Gasteiger partial charge >= 0.3 is 0 Å². The zero-order chi connectivity index (χ0) is 23.7. The minimum absolute atomic E-state index is 0.361. The van der Waals surface area contributed by atoms with Crippen molar-refractivity contribution in [1.82, 2.24) is 15.3 Å². The predicted molar refractivity (Wildman–Crippen MR) is 126 cm³/mol. The number of nitrogens with zero attached hydrogens (tertiary/aromatic N) is 3. The van der Waals surface area contributed by atoms with E-state index in [1.165, 1.54) is 12.1 Å². The lowest BCUT2D eigenvalue weighted by Gasteiger charge is -2.29. The summed E-state index contributed by atoms with van der Waals surface area (Å²) < 4.78 is 33.9. The van der Waals surface area contributed by atoms with Crippen LogP contribution in [-0.2, 0) is 9.53 Å². The summed E-state index contributed by atoms with van der Waals surface area (Å²) in [6, 6.07) is 9.03. The third-order valence-corrected chi connectivity index (χ3v) is 5.97. The van der Waals surface area contributed by atoms with Gasteiger partial charge in [-0.15, -0.1) is 0 Å². The van der Waals surface area contributed by atoms with E-state index in [-0.39, 0.29) is 5.82 Å². The van der Waals surface area contributed by atoms with E-state index in [1.54, 1.807) is 31.3 Å². The van der Waals surface area contributed by atoms with Gasteiger partial charge in [0.25, 0.3) is 0 Å². The van der Waals surface area contributed by atoms with Crippen molar-refractivity contribution in [2.45, 2.75) is 13.0 Å². The summed E-state index contributed by atoms with van der Waals surface area (Å²) in [5, 5.41) is 6.20. The van der Waals surface area contributed by atoms with Gasteiger partial charge in [0.05, 0.1) is 24.6 Å². The number of hydrogen-bond donors (Lipinski definition) is 2. The molecule has 1 saturated heterocycles. The Kier molecular flexibility index (Phi) is 5.93. The molecule has 0 saturated carbocycles. The molecule has 0 bridgehead atoms. The highest BCUT2D eigenvalue weighted by molar-refractivity contribution is 5.80. The lowest BCUT2D eigenvalue weighted by atomic mass is 9.96. The Labute approximate surface area is 195 Å². The van der Waals surface area contributed by atoms with Gasteiger partial charge in [-0.25, -0.2) is 14.4 Å². The van der Waals surface area contributed by atoms with Crippen molar-refractivity contribution in [1.29, 1.82) is 0 Å². The van der Waals surface area contributed by atoms with E-state index in [9.17, 15) is 13.6 Å². The van der Waals surface area contributed by atoms with Gasteiger partial charge in [-0.05, 0) is 61.2 Å². The molecule has 9 heteroatoms. The molecule has 1 aromatic carbocycles. The van der Waals surface area contributed by atoms with Crippen LogP contribution in [0, 0.1) is 18.7 Å². The molecule has 1 atom stereocenters. The van der Waals surface area contributed by atoms with Crippen LogP contribution in [0.15, 0.2) is 42.6 Å². The van der Waals surface area contributed by atoms with Crippen LogP contribution in [0.3, 0.4) is 0 Å².